The van der Waals surface area contributed by atoms with E-state index in [4.69, 9.17) is 9.47 Å². The molecular weight excluding hydrogens is 400 g/mol. The van der Waals surface area contributed by atoms with Gasteiger partial charge in [0.1, 0.15) is 5.75 Å². The number of carbonyl (C=O) groups excluding carboxylic acids is 1. The van der Waals surface area contributed by atoms with Crippen LogP contribution in [-0.4, -0.2) is 29.7 Å². The average molecular weight is 425 g/mol. The minimum absolute atomic E-state index is 0.0591. The van der Waals surface area contributed by atoms with Gasteiger partial charge in [-0.05, 0) is 42.3 Å². The summed E-state index contributed by atoms with van der Waals surface area (Å²) >= 11 is 1.46. The first-order valence-corrected chi connectivity index (χ1v) is 10.4. The fraction of sp³-hybridized carbons (Fsp3) is 0.261. The van der Waals surface area contributed by atoms with Crippen LogP contribution in [0.25, 0.3) is 0 Å². The highest BCUT2D eigenvalue weighted by molar-refractivity contribution is 7.98. The molecule has 0 unspecified atom stereocenters. The number of benzene rings is 2. The maximum atomic E-state index is 13.0. The highest BCUT2D eigenvalue weighted by Crippen LogP contribution is 2.22. The minimum atomic E-state index is -0.370. The van der Waals surface area contributed by atoms with Crippen LogP contribution in [0.2, 0.25) is 0 Å². The van der Waals surface area contributed by atoms with Crippen molar-refractivity contribution in [1.82, 2.24) is 9.55 Å². The molecule has 0 bridgehead atoms. The maximum Gasteiger partial charge on any atom is 0.337 e. The van der Waals surface area contributed by atoms with Crippen LogP contribution in [0.1, 0.15) is 32.7 Å². The molecule has 0 aliphatic heterocycles. The summed E-state index contributed by atoms with van der Waals surface area (Å²) in [5, 5.41) is 0.635. The van der Waals surface area contributed by atoms with Crippen molar-refractivity contribution in [1.29, 1.82) is 0 Å². The molecule has 30 heavy (non-hydrogen) atoms. The Kier molecular flexibility index (Phi) is 6.95. The maximum absolute atomic E-state index is 13.0. The van der Waals surface area contributed by atoms with Crippen LogP contribution in [0.3, 0.4) is 0 Å². The zero-order valence-electron chi connectivity index (χ0n) is 17.5. The number of thioether (sulfide) groups is 1. The van der Waals surface area contributed by atoms with Crippen LogP contribution in [0.5, 0.6) is 5.75 Å². The van der Waals surface area contributed by atoms with Crippen molar-refractivity contribution in [3.63, 3.8) is 0 Å². The summed E-state index contributed by atoms with van der Waals surface area (Å²) in [6.07, 6.45) is 0.495. The lowest BCUT2D eigenvalue weighted by molar-refractivity contribution is 0.0600. The lowest BCUT2D eigenvalue weighted by Gasteiger charge is -2.13. The number of hydrogen-bond donors (Lipinski definition) is 0. The highest BCUT2D eigenvalue weighted by Gasteiger charge is 2.14. The van der Waals surface area contributed by atoms with Gasteiger partial charge in [0.15, 0.2) is 5.16 Å². The Bertz CT molecular complexity index is 1120. The van der Waals surface area contributed by atoms with Gasteiger partial charge in [-0.3, -0.25) is 9.36 Å². The summed E-state index contributed by atoms with van der Waals surface area (Å²) in [5.74, 6) is 0.973. The Balaban J connectivity index is 1.81. The fourth-order valence-electron chi connectivity index (χ4n) is 3.10. The van der Waals surface area contributed by atoms with Gasteiger partial charge in [-0.1, -0.05) is 36.0 Å². The van der Waals surface area contributed by atoms with E-state index in [2.05, 4.69) is 4.98 Å². The lowest BCUT2D eigenvalue weighted by Crippen LogP contribution is -2.25. The van der Waals surface area contributed by atoms with E-state index in [0.29, 0.717) is 34.2 Å². The fourth-order valence-corrected chi connectivity index (χ4v) is 4.06. The third-order valence-electron chi connectivity index (χ3n) is 4.78. The number of hydrogen-bond acceptors (Lipinski definition) is 6. The smallest absolute Gasteiger partial charge is 0.337 e. The van der Waals surface area contributed by atoms with E-state index in [1.807, 2.05) is 43.3 Å². The zero-order chi connectivity index (χ0) is 21.7. The van der Waals surface area contributed by atoms with E-state index >= 15 is 0 Å². The molecule has 6 nitrogen and oxygen atoms in total. The summed E-state index contributed by atoms with van der Waals surface area (Å²) in [5.41, 5.74) is 3.78. The first-order valence-electron chi connectivity index (χ1n) is 9.42. The van der Waals surface area contributed by atoms with Crippen molar-refractivity contribution < 1.29 is 14.3 Å². The third-order valence-corrected chi connectivity index (χ3v) is 5.88. The Labute approximate surface area is 179 Å². The SMILES string of the molecule is COC(=O)c1cccc(CSc2nc(C)c(Cc3cccc(OC)c3)c(=O)n2C)c1. The van der Waals surface area contributed by atoms with Crippen molar-refractivity contribution in [2.75, 3.05) is 14.2 Å². The highest BCUT2D eigenvalue weighted by atomic mass is 32.2. The number of nitrogens with zero attached hydrogens (tertiary/aromatic N) is 2. The average Bonchev–Trinajstić information content (AvgIpc) is 2.78. The van der Waals surface area contributed by atoms with E-state index < -0.39 is 0 Å². The molecule has 0 amide bonds. The molecule has 0 spiro atoms. The molecule has 156 valence electrons. The van der Waals surface area contributed by atoms with Crippen molar-refractivity contribution >= 4 is 17.7 Å². The van der Waals surface area contributed by atoms with Crippen LogP contribution in [0.15, 0.2) is 58.5 Å². The predicted molar refractivity (Wildman–Crippen MR) is 117 cm³/mol. The molecule has 3 rings (SSSR count). The number of carbonyl (C=O) groups is 1. The Morgan fingerprint density at radius 2 is 1.83 bits per heavy atom. The van der Waals surface area contributed by atoms with E-state index in [-0.39, 0.29) is 11.5 Å². The van der Waals surface area contributed by atoms with Gasteiger partial charge in [-0.25, -0.2) is 9.78 Å². The monoisotopic (exact) mass is 424 g/mol. The number of aromatic nitrogens is 2. The van der Waals surface area contributed by atoms with Gasteiger partial charge >= 0.3 is 5.97 Å². The summed E-state index contributed by atoms with van der Waals surface area (Å²) < 4.78 is 11.6. The summed E-state index contributed by atoms with van der Waals surface area (Å²) in [7, 11) is 4.72. The van der Waals surface area contributed by atoms with Gasteiger partial charge in [0, 0.05) is 30.5 Å². The van der Waals surface area contributed by atoms with Crippen molar-refractivity contribution in [2.45, 2.75) is 24.3 Å². The molecule has 0 atom stereocenters. The number of methoxy groups -OCH3 is 2. The number of aryl methyl sites for hydroxylation is 1. The van der Waals surface area contributed by atoms with Crippen LogP contribution in [0.4, 0.5) is 0 Å². The molecule has 1 aromatic heterocycles. The molecular formula is C23H24N2O4S. The molecule has 3 aromatic rings. The first-order chi connectivity index (χ1) is 14.4. The zero-order valence-corrected chi connectivity index (χ0v) is 18.3. The molecule has 7 heteroatoms. The van der Waals surface area contributed by atoms with Gasteiger partial charge in [0.2, 0.25) is 0 Å². The van der Waals surface area contributed by atoms with E-state index in [1.165, 1.54) is 18.9 Å². The summed E-state index contributed by atoms with van der Waals surface area (Å²) in [6, 6.07) is 14.9. The van der Waals surface area contributed by atoms with E-state index in [9.17, 15) is 9.59 Å². The van der Waals surface area contributed by atoms with Crippen LogP contribution in [0, 0.1) is 6.92 Å². The van der Waals surface area contributed by atoms with E-state index in [0.717, 1.165) is 16.9 Å². The van der Waals surface area contributed by atoms with Gasteiger partial charge in [-0.15, -0.1) is 0 Å². The van der Waals surface area contributed by atoms with Gasteiger partial charge < -0.3 is 9.47 Å². The molecule has 0 saturated carbocycles. The molecule has 1 heterocycles. The topological polar surface area (TPSA) is 70.4 Å². The van der Waals surface area contributed by atoms with Crippen LogP contribution >= 0.6 is 11.8 Å². The summed E-state index contributed by atoms with van der Waals surface area (Å²) in [4.78, 5) is 29.4. The van der Waals surface area contributed by atoms with Gasteiger partial charge in [0.05, 0.1) is 19.8 Å². The quantitative estimate of drug-likeness (QED) is 0.327. The lowest BCUT2D eigenvalue weighted by atomic mass is 10.0. The second kappa shape index (κ2) is 9.63. The Hall–Kier alpha value is -3.06. The van der Waals surface area contributed by atoms with Gasteiger partial charge in [0.25, 0.3) is 5.56 Å². The Morgan fingerprint density at radius 1 is 1.10 bits per heavy atom. The first kappa shape index (κ1) is 21.6. The van der Waals surface area contributed by atoms with E-state index in [1.54, 1.807) is 30.9 Å². The molecule has 2 aromatic carbocycles. The third kappa shape index (κ3) is 4.91. The second-order valence-electron chi connectivity index (χ2n) is 6.83. The predicted octanol–water partition coefficient (Wildman–Crippen LogP) is 3.77. The van der Waals surface area contributed by atoms with Crippen molar-refractivity contribution in [3.05, 3.63) is 86.8 Å². The summed E-state index contributed by atoms with van der Waals surface area (Å²) in [6.45, 7) is 1.86. The normalized spacial score (nSPS) is 10.7. The molecule has 0 N–H and O–H groups in total. The molecule has 0 aliphatic rings. The molecule has 0 aliphatic carbocycles. The van der Waals surface area contributed by atoms with Crippen LogP contribution < -0.4 is 10.3 Å². The molecule has 0 fully saturated rings. The standard InChI is InChI=1S/C23H24N2O4S/c1-15-20(13-16-7-6-10-19(12-16)28-3)21(26)25(2)23(24-15)30-14-17-8-5-9-18(11-17)22(27)29-4/h5-12H,13-14H2,1-4H3. The van der Waals surface area contributed by atoms with Crippen LogP contribution in [-0.2, 0) is 24.0 Å². The van der Waals surface area contributed by atoms with Crippen molar-refractivity contribution in [2.24, 2.45) is 7.05 Å². The van der Waals surface area contributed by atoms with Crippen molar-refractivity contribution in [3.8, 4) is 5.75 Å². The molecule has 0 saturated heterocycles. The number of rotatable bonds is 7. The second-order valence-corrected chi connectivity index (χ2v) is 7.77. The number of esters is 1. The molecule has 0 radical (unpaired) electrons. The minimum Gasteiger partial charge on any atom is -0.497 e. The Morgan fingerprint density at radius 3 is 2.57 bits per heavy atom. The number of ether oxygens (including phenoxy) is 2. The largest absolute Gasteiger partial charge is 0.497 e. The van der Waals surface area contributed by atoms with Gasteiger partial charge in [-0.2, -0.15) is 0 Å².